The van der Waals surface area contributed by atoms with Gasteiger partial charge in [0.25, 0.3) is 0 Å². The molecule has 5 heteroatoms. The molecule has 0 saturated carbocycles. The normalized spacial score (nSPS) is 23.5. The molecule has 0 amide bonds. The molecular formula is C14H16N2O2S. The van der Waals surface area contributed by atoms with Crippen molar-refractivity contribution >= 4 is 11.3 Å². The average Bonchev–Trinajstić information content (AvgIpc) is 3.00. The van der Waals surface area contributed by atoms with Crippen molar-refractivity contribution in [3.05, 3.63) is 46.4 Å². The maximum Gasteiger partial charge on any atom is 0.122 e. The number of aliphatic hydroxyl groups excluding tert-OH is 1. The molecule has 0 saturated heterocycles. The number of aromatic nitrogens is 1. The molecule has 0 radical (unpaired) electrons. The predicted octanol–water partition coefficient (Wildman–Crippen LogP) is 1.76. The van der Waals surface area contributed by atoms with Crippen LogP contribution >= 0.6 is 11.3 Å². The van der Waals surface area contributed by atoms with Crippen molar-refractivity contribution in [3.8, 4) is 5.75 Å². The molecule has 0 bridgehead atoms. The predicted molar refractivity (Wildman–Crippen MR) is 74.2 cm³/mol. The zero-order valence-corrected chi connectivity index (χ0v) is 11.3. The molecule has 1 aromatic heterocycles. The Morgan fingerprint density at radius 1 is 1.47 bits per heavy atom. The van der Waals surface area contributed by atoms with E-state index in [-0.39, 0.29) is 0 Å². The van der Waals surface area contributed by atoms with Gasteiger partial charge in [-0.05, 0) is 18.1 Å². The van der Waals surface area contributed by atoms with Crippen LogP contribution in [0.1, 0.15) is 17.4 Å². The van der Waals surface area contributed by atoms with E-state index >= 15 is 0 Å². The van der Waals surface area contributed by atoms with Crippen molar-refractivity contribution in [2.75, 3.05) is 13.2 Å². The number of thiazole rings is 1. The summed E-state index contributed by atoms with van der Waals surface area (Å²) in [6.07, 6.45) is 0.00959. The highest BCUT2D eigenvalue weighted by Gasteiger charge is 2.42. The number of rotatable bonds is 3. The van der Waals surface area contributed by atoms with Gasteiger partial charge in [0.15, 0.2) is 0 Å². The van der Waals surface area contributed by atoms with Gasteiger partial charge < -0.3 is 15.6 Å². The Morgan fingerprint density at radius 3 is 3.05 bits per heavy atom. The third-order valence-corrected chi connectivity index (χ3v) is 4.35. The number of nitrogens with two attached hydrogens (primary N) is 1. The number of aliphatic hydroxyl groups is 1. The first-order valence-corrected chi connectivity index (χ1v) is 7.16. The van der Waals surface area contributed by atoms with Crippen LogP contribution < -0.4 is 10.5 Å². The molecule has 0 aliphatic carbocycles. The van der Waals surface area contributed by atoms with Gasteiger partial charge in [-0.1, -0.05) is 18.2 Å². The van der Waals surface area contributed by atoms with E-state index in [0.717, 1.165) is 11.3 Å². The van der Waals surface area contributed by atoms with Crippen LogP contribution in [0.25, 0.3) is 0 Å². The van der Waals surface area contributed by atoms with Gasteiger partial charge in [0.1, 0.15) is 11.9 Å². The van der Waals surface area contributed by atoms with Crippen LogP contribution in [0.5, 0.6) is 5.75 Å². The summed E-state index contributed by atoms with van der Waals surface area (Å²) in [4.78, 5) is 4.20. The Hall–Kier alpha value is -1.43. The van der Waals surface area contributed by atoms with Crippen molar-refractivity contribution in [1.82, 2.24) is 4.98 Å². The highest BCUT2D eigenvalue weighted by molar-refractivity contribution is 7.07. The van der Waals surface area contributed by atoms with E-state index in [1.165, 1.54) is 11.3 Å². The fourth-order valence-corrected chi connectivity index (χ4v) is 3.10. The maximum absolute atomic E-state index is 10.6. The molecule has 2 atom stereocenters. The Morgan fingerprint density at radius 2 is 2.32 bits per heavy atom. The Balaban J connectivity index is 1.94. The van der Waals surface area contributed by atoms with Gasteiger partial charge in [-0.3, -0.25) is 0 Å². The van der Waals surface area contributed by atoms with E-state index in [1.807, 2.05) is 29.6 Å². The molecule has 1 aromatic carbocycles. The quantitative estimate of drug-likeness (QED) is 0.896. The van der Waals surface area contributed by atoms with Crippen LogP contribution in [0.3, 0.4) is 0 Å². The number of fused-ring (bicyclic) bond motifs is 1. The minimum atomic E-state index is -0.697. The summed E-state index contributed by atoms with van der Waals surface area (Å²) in [5.74, 6) is 0.886. The summed E-state index contributed by atoms with van der Waals surface area (Å²) in [6.45, 7) is 0.777. The van der Waals surface area contributed by atoms with Crippen molar-refractivity contribution in [1.29, 1.82) is 0 Å². The largest absolute Gasteiger partial charge is 0.493 e. The fraction of sp³-hybridized carbons (Fsp3) is 0.357. The number of ether oxygens (including phenoxy) is 1. The molecule has 0 spiro atoms. The second-order valence-corrected chi connectivity index (χ2v) is 5.67. The van der Waals surface area contributed by atoms with Crippen molar-refractivity contribution in [2.24, 2.45) is 11.1 Å². The van der Waals surface area contributed by atoms with Gasteiger partial charge in [0.2, 0.25) is 0 Å². The number of hydrogen-bond acceptors (Lipinski definition) is 5. The third-order valence-electron chi connectivity index (χ3n) is 3.75. The molecule has 3 rings (SSSR count). The monoisotopic (exact) mass is 276 g/mol. The zero-order chi connectivity index (χ0) is 13.3. The second kappa shape index (κ2) is 4.92. The molecule has 19 heavy (non-hydrogen) atoms. The van der Waals surface area contributed by atoms with Gasteiger partial charge in [-0.25, -0.2) is 4.98 Å². The Bertz CT molecular complexity index is 558. The maximum atomic E-state index is 10.6. The van der Waals surface area contributed by atoms with Crippen LogP contribution in [0.4, 0.5) is 0 Å². The number of para-hydroxylation sites is 1. The molecule has 1 aliphatic rings. The molecule has 2 unspecified atom stereocenters. The lowest BCUT2D eigenvalue weighted by Crippen LogP contribution is -2.46. The summed E-state index contributed by atoms with van der Waals surface area (Å²) < 4.78 is 5.79. The van der Waals surface area contributed by atoms with Gasteiger partial charge in [-0.2, -0.15) is 0 Å². The summed E-state index contributed by atoms with van der Waals surface area (Å²) in [6, 6.07) is 7.90. The molecule has 2 aromatic rings. The van der Waals surface area contributed by atoms with Crippen molar-refractivity contribution < 1.29 is 9.84 Å². The smallest absolute Gasteiger partial charge is 0.122 e. The topological polar surface area (TPSA) is 68.4 Å². The highest BCUT2D eigenvalue weighted by Crippen LogP contribution is 2.42. The minimum Gasteiger partial charge on any atom is -0.493 e. The molecule has 1 aliphatic heterocycles. The summed E-state index contributed by atoms with van der Waals surface area (Å²) in [7, 11) is 0. The SMILES string of the molecule is NCC1(C(O)c2cscn2)COc2ccccc2C1. The van der Waals surface area contributed by atoms with Gasteiger partial charge in [0, 0.05) is 11.9 Å². The van der Waals surface area contributed by atoms with E-state index in [9.17, 15) is 5.11 Å². The van der Waals surface area contributed by atoms with E-state index in [1.54, 1.807) is 5.51 Å². The van der Waals surface area contributed by atoms with E-state index in [0.29, 0.717) is 25.3 Å². The molecule has 4 nitrogen and oxygen atoms in total. The number of benzene rings is 1. The van der Waals surface area contributed by atoms with Crippen LogP contribution in [0.15, 0.2) is 35.2 Å². The first kappa shape index (κ1) is 12.6. The standard InChI is InChI=1S/C14H16N2O2S/c15-7-14(13(17)11-6-19-9-16-11)5-10-3-1-2-4-12(10)18-8-14/h1-4,6,9,13,17H,5,7-8,15H2. The van der Waals surface area contributed by atoms with Crippen LogP contribution in [0, 0.1) is 5.41 Å². The lowest BCUT2D eigenvalue weighted by atomic mass is 9.75. The molecule has 0 fully saturated rings. The molecule has 3 N–H and O–H groups in total. The van der Waals surface area contributed by atoms with E-state index in [2.05, 4.69) is 4.98 Å². The lowest BCUT2D eigenvalue weighted by molar-refractivity contribution is -0.0182. The number of hydrogen-bond donors (Lipinski definition) is 2. The third kappa shape index (κ3) is 2.14. The van der Waals surface area contributed by atoms with Crippen LogP contribution in [-0.2, 0) is 6.42 Å². The first-order chi connectivity index (χ1) is 9.25. The zero-order valence-electron chi connectivity index (χ0n) is 10.5. The van der Waals surface area contributed by atoms with E-state index in [4.69, 9.17) is 10.5 Å². The van der Waals surface area contributed by atoms with E-state index < -0.39 is 11.5 Å². The number of nitrogens with zero attached hydrogens (tertiary/aromatic N) is 1. The van der Waals surface area contributed by atoms with Crippen molar-refractivity contribution in [3.63, 3.8) is 0 Å². The molecule has 100 valence electrons. The molecule has 2 heterocycles. The molecular weight excluding hydrogens is 260 g/mol. The van der Waals surface area contributed by atoms with Gasteiger partial charge >= 0.3 is 0 Å². The highest BCUT2D eigenvalue weighted by atomic mass is 32.1. The van der Waals surface area contributed by atoms with Gasteiger partial charge in [0.05, 0.1) is 23.2 Å². The second-order valence-electron chi connectivity index (χ2n) is 4.96. The van der Waals surface area contributed by atoms with Crippen LogP contribution in [0.2, 0.25) is 0 Å². The summed E-state index contributed by atoms with van der Waals surface area (Å²) in [5.41, 5.74) is 8.93. The minimum absolute atomic E-state index is 0.361. The first-order valence-electron chi connectivity index (χ1n) is 6.22. The average molecular weight is 276 g/mol. The van der Waals surface area contributed by atoms with Crippen LogP contribution in [-0.4, -0.2) is 23.2 Å². The summed E-state index contributed by atoms with van der Waals surface area (Å²) in [5, 5.41) is 12.5. The van der Waals surface area contributed by atoms with Crippen molar-refractivity contribution in [2.45, 2.75) is 12.5 Å². The van der Waals surface area contributed by atoms with Gasteiger partial charge in [-0.15, -0.1) is 11.3 Å². The fourth-order valence-electron chi connectivity index (χ4n) is 2.53. The Kier molecular flexibility index (Phi) is 3.26. The Labute approximate surface area is 115 Å². The lowest BCUT2D eigenvalue weighted by Gasteiger charge is -2.40. The summed E-state index contributed by atoms with van der Waals surface area (Å²) >= 11 is 1.47.